The Morgan fingerprint density at radius 1 is 1.08 bits per heavy atom. The number of carbonyl (C=O) groups is 1. The van der Waals surface area contributed by atoms with Crippen LogP contribution in [-0.4, -0.2) is 28.1 Å². The molecule has 5 nitrogen and oxygen atoms in total. The van der Waals surface area contributed by atoms with Crippen LogP contribution in [0.25, 0.3) is 6.08 Å². The fourth-order valence-corrected chi connectivity index (χ4v) is 2.04. The molecule has 0 aliphatic carbocycles. The molecule has 5 heteroatoms. The molecule has 0 amide bonds. The molecule has 24 heavy (non-hydrogen) atoms. The summed E-state index contributed by atoms with van der Waals surface area (Å²) in [5, 5.41) is 4.10. The summed E-state index contributed by atoms with van der Waals surface area (Å²) in [4.78, 5) is 25.4. The highest BCUT2D eigenvalue weighted by molar-refractivity contribution is 5.96. The van der Waals surface area contributed by atoms with E-state index in [1.165, 1.54) is 6.92 Å². The molecule has 0 spiro atoms. The van der Waals surface area contributed by atoms with Crippen molar-refractivity contribution >= 4 is 17.6 Å². The van der Waals surface area contributed by atoms with E-state index < -0.39 is 0 Å². The van der Waals surface area contributed by atoms with Gasteiger partial charge in [0.2, 0.25) is 0 Å². The minimum absolute atomic E-state index is 0.0509. The molecule has 2 aromatic heterocycles. The summed E-state index contributed by atoms with van der Waals surface area (Å²) >= 11 is 0. The van der Waals surface area contributed by atoms with Crippen molar-refractivity contribution in [1.29, 1.82) is 0 Å². The van der Waals surface area contributed by atoms with Crippen LogP contribution in [0.4, 0.5) is 0 Å². The number of oxime groups is 1. The van der Waals surface area contributed by atoms with Crippen molar-refractivity contribution in [1.82, 2.24) is 9.97 Å². The Bertz CT molecular complexity index is 795. The monoisotopic (exact) mass is 323 g/mol. The smallest absolute Gasteiger partial charge is 0.178 e. The van der Waals surface area contributed by atoms with Crippen LogP contribution < -0.4 is 0 Å². The fourth-order valence-electron chi connectivity index (χ4n) is 2.04. The highest BCUT2D eigenvalue weighted by atomic mass is 16.6. The third-order valence-electron chi connectivity index (χ3n) is 3.28. The van der Waals surface area contributed by atoms with E-state index in [-0.39, 0.29) is 5.78 Å². The molecule has 0 N–H and O–H groups in total. The van der Waals surface area contributed by atoms with Crippen LogP contribution in [0.1, 0.15) is 48.3 Å². The number of pyridine rings is 2. The van der Waals surface area contributed by atoms with Crippen LogP contribution in [-0.2, 0) is 4.84 Å². The first-order chi connectivity index (χ1) is 11.5. The average Bonchev–Trinajstić information content (AvgIpc) is 2.55. The van der Waals surface area contributed by atoms with Gasteiger partial charge < -0.3 is 4.84 Å². The SMILES string of the molecule is CC(=O)c1cccc(/C=C(\C)CO/N=C(/C)c2cccc(C)n2)n1. The van der Waals surface area contributed by atoms with Crippen molar-refractivity contribution in [3.8, 4) is 0 Å². The maximum Gasteiger partial charge on any atom is 0.178 e. The van der Waals surface area contributed by atoms with E-state index >= 15 is 0 Å². The van der Waals surface area contributed by atoms with E-state index in [4.69, 9.17) is 4.84 Å². The fraction of sp³-hybridized carbons (Fsp3) is 0.263. The largest absolute Gasteiger partial charge is 0.391 e. The molecular weight excluding hydrogens is 302 g/mol. The maximum atomic E-state index is 11.4. The van der Waals surface area contributed by atoms with E-state index in [0.29, 0.717) is 12.3 Å². The molecule has 0 bridgehead atoms. The molecular formula is C19H21N3O2. The van der Waals surface area contributed by atoms with Crippen molar-refractivity contribution in [2.45, 2.75) is 27.7 Å². The van der Waals surface area contributed by atoms with Gasteiger partial charge in [-0.1, -0.05) is 17.3 Å². The summed E-state index contributed by atoms with van der Waals surface area (Å²) in [6.07, 6.45) is 1.88. The van der Waals surface area contributed by atoms with Gasteiger partial charge >= 0.3 is 0 Å². The van der Waals surface area contributed by atoms with Gasteiger partial charge in [0.1, 0.15) is 18.0 Å². The summed E-state index contributed by atoms with van der Waals surface area (Å²) in [5.41, 5.74) is 4.60. The molecule has 124 valence electrons. The Morgan fingerprint density at radius 3 is 2.50 bits per heavy atom. The van der Waals surface area contributed by atoms with Gasteiger partial charge in [-0.3, -0.25) is 9.78 Å². The summed E-state index contributed by atoms with van der Waals surface area (Å²) in [7, 11) is 0. The number of Topliss-reactive ketones (excluding diaryl/α,β-unsaturated/α-hetero) is 1. The Balaban J connectivity index is 1.99. The Labute approximate surface area is 142 Å². The zero-order valence-corrected chi connectivity index (χ0v) is 14.4. The lowest BCUT2D eigenvalue weighted by atomic mass is 10.2. The van der Waals surface area contributed by atoms with Gasteiger partial charge in [0.05, 0.1) is 11.4 Å². The first-order valence-electron chi connectivity index (χ1n) is 7.71. The first kappa shape index (κ1) is 17.5. The van der Waals surface area contributed by atoms with Crippen molar-refractivity contribution < 1.29 is 9.63 Å². The van der Waals surface area contributed by atoms with Crippen LogP contribution in [0.15, 0.2) is 47.1 Å². The highest BCUT2D eigenvalue weighted by Gasteiger charge is 2.02. The molecule has 0 saturated heterocycles. The quantitative estimate of drug-likeness (QED) is 0.460. The highest BCUT2D eigenvalue weighted by Crippen LogP contribution is 2.07. The van der Waals surface area contributed by atoms with Crippen LogP contribution in [0.3, 0.4) is 0 Å². The van der Waals surface area contributed by atoms with Gasteiger partial charge in [-0.15, -0.1) is 0 Å². The summed E-state index contributed by atoms with van der Waals surface area (Å²) in [5.74, 6) is -0.0509. The second kappa shape index (κ2) is 8.15. The van der Waals surface area contributed by atoms with E-state index in [1.807, 2.05) is 57.2 Å². The third-order valence-corrected chi connectivity index (χ3v) is 3.28. The second-order valence-corrected chi connectivity index (χ2v) is 5.61. The number of ketones is 1. The molecule has 2 heterocycles. The van der Waals surface area contributed by atoms with Crippen molar-refractivity contribution in [3.63, 3.8) is 0 Å². The molecule has 0 unspecified atom stereocenters. The van der Waals surface area contributed by atoms with E-state index in [0.717, 1.165) is 28.4 Å². The van der Waals surface area contributed by atoms with Gasteiger partial charge in [0, 0.05) is 12.6 Å². The van der Waals surface area contributed by atoms with Crippen LogP contribution in [0.2, 0.25) is 0 Å². The van der Waals surface area contributed by atoms with Crippen LogP contribution in [0, 0.1) is 6.92 Å². The molecule has 0 atom stereocenters. The standard InChI is InChI=1S/C19H21N3O2/c1-13(11-17-8-6-10-19(21-17)16(4)23)12-24-22-15(3)18-9-5-7-14(2)20-18/h5-11H,12H2,1-4H3/b13-11+,22-15-. The number of aromatic nitrogens is 2. The number of hydrogen-bond acceptors (Lipinski definition) is 5. The topological polar surface area (TPSA) is 64.4 Å². The number of aryl methyl sites for hydroxylation is 1. The number of rotatable bonds is 6. The molecule has 0 aliphatic rings. The number of carbonyl (C=O) groups excluding carboxylic acids is 1. The summed E-state index contributed by atoms with van der Waals surface area (Å²) in [6.45, 7) is 7.57. The number of hydrogen-bond donors (Lipinski definition) is 0. The van der Waals surface area contributed by atoms with Gasteiger partial charge in [-0.2, -0.15) is 0 Å². The van der Waals surface area contributed by atoms with E-state index in [9.17, 15) is 4.79 Å². The molecule has 2 aromatic rings. The minimum Gasteiger partial charge on any atom is -0.391 e. The zero-order chi connectivity index (χ0) is 17.5. The normalized spacial score (nSPS) is 12.2. The lowest BCUT2D eigenvalue weighted by Gasteiger charge is -2.04. The van der Waals surface area contributed by atoms with Crippen molar-refractivity contribution in [2.75, 3.05) is 6.61 Å². The Kier molecular flexibility index (Phi) is 5.95. The molecule has 0 radical (unpaired) electrons. The van der Waals surface area contributed by atoms with Gasteiger partial charge in [-0.25, -0.2) is 4.98 Å². The summed E-state index contributed by atoms with van der Waals surface area (Å²) < 4.78 is 0. The molecule has 2 rings (SSSR count). The predicted molar refractivity (Wildman–Crippen MR) is 95.0 cm³/mol. The zero-order valence-electron chi connectivity index (χ0n) is 14.4. The van der Waals surface area contributed by atoms with Crippen molar-refractivity contribution in [3.05, 3.63) is 64.7 Å². The van der Waals surface area contributed by atoms with Gasteiger partial charge in [-0.05, 0) is 56.7 Å². The Morgan fingerprint density at radius 2 is 1.79 bits per heavy atom. The predicted octanol–water partition coefficient (Wildman–Crippen LogP) is 3.83. The number of nitrogens with zero attached hydrogens (tertiary/aromatic N) is 3. The van der Waals surface area contributed by atoms with Gasteiger partial charge in [0.15, 0.2) is 5.78 Å². The van der Waals surface area contributed by atoms with Gasteiger partial charge in [0.25, 0.3) is 0 Å². The van der Waals surface area contributed by atoms with E-state index in [2.05, 4.69) is 15.1 Å². The van der Waals surface area contributed by atoms with Crippen molar-refractivity contribution in [2.24, 2.45) is 5.16 Å². The average molecular weight is 323 g/mol. The Hall–Kier alpha value is -2.82. The van der Waals surface area contributed by atoms with E-state index in [1.54, 1.807) is 6.07 Å². The molecule has 0 aromatic carbocycles. The third kappa shape index (κ3) is 5.12. The van der Waals surface area contributed by atoms with Crippen LogP contribution in [0.5, 0.6) is 0 Å². The second-order valence-electron chi connectivity index (χ2n) is 5.61. The molecule has 0 aliphatic heterocycles. The first-order valence-corrected chi connectivity index (χ1v) is 7.71. The molecule has 0 fully saturated rings. The maximum absolute atomic E-state index is 11.4. The minimum atomic E-state index is -0.0509. The summed E-state index contributed by atoms with van der Waals surface area (Å²) in [6, 6.07) is 11.1. The lowest BCUT2D eigenvalue weighted by molar-refractivity contribution is 0.101. The van der Waals surface area contributed by atoms with Crippen LogP contribution >= 0.6 is 0 Å². The molecule has 0 saturated carbocycles. The lowest BCUT2D eigenvalue weighted by Crippen LogP contribution is -2.02.